The van der Waals surface area contributed by atoms with Crippen LogP contribution in [0.15, 0.2) is 67.3 Å². The Morgan fingerprint density at radius 3 is 2.58 bits per heavy atom. The third kappa shape index (κ3) is 3.74. The van der Waals surface area contributed by atoms with Crippen LogP contribution in [-0.4, -0.2) is 34.8 Å². The number of hydrogen-bond acceptors (Lipinski definition) is 6. The first-order chi connectivity index (χ1) is 15.8. The normalized spacial score (nSPS) is 13.5. The Kier molecular flexibility index (Phi) is 4.94. The molecule has 5 rings (SSSR count). The van der Waals surface area contributed by atoms with Crippen molar-refractivity contribution in [2.75, 3.05) is 5.73 Å². The fourth-order valence-corrected chi connectivity index (χ4v) is 3.91. The summed E-state index contributed by atoms with van der Waals surface area (Å²) in [5.41, 5.74) is 10.00. The molecule has 0 unspecified atom stereocenters. The predicted octanol–water partition coefficient (Wildman–Crippen LogP) is 4.30. The lowest BCUT2D eigenvalue weighted by Crippen LogP contribution is -2.25. The molecule has 33 heavy (non-hydrogen) atoms. The van der Waals surface area contributed by atoms with Gasteiger partial charge < -0.3 is 15.8 Å². The Morgan fingerprint density at radius 1 is 1.06 bits per heavy atom. The van der Waals surface area contributed by atoms with Crippen molar-refractivity contribution in [1.82, 2.24) is 29.7 Å². The van der Waals surface area contributed by atoms with Gasteiger partial charge in [0.05, 0.1) is 17.6 Å². The van der Waals surface area contributed by atoms with E-state index in [2.05, 4.69) is 44.9 Å². The summed E-state index contributed by atoms with van der Waals surface area (Å²) in [6.45, 7) is 5.88. The molecule has 1 aromatic carbocycles. The van der Waals surface area contributed by atoms with E-state index >= 15 is 0 Å². The molecule has 0 bridgehead atoms. The number of benzene rings is 1. The molecule has 0 saturated carbocycles. The van der Waals surface area contributed by atoms with Crippen LogP contribution in [0.25, 0.3) is 33.4 Å². The van der Waals surface area contributed by atoms with Gasteiger partial charge in [-0.3, -0.25) is 4.68 Å². The number of anilines is 1. The second kappa shape index (κ2) is 7.83. The minimum Gasteiger partial charge on any atom is -0.379 e. The Balaban J connectivity index is 1.61. The number of nitrogens with two attached hydrogens (primary N) is 1. The Morgan fingerprint density at radius 2 is 1.85 bits per heavy atom. The van der Waals surface area contributed by atoms with Crippen molar-refractivity contribution >= 4 is 17.0 Å². The second-order valence-electron chi connectivity index (χ2n) is 8.56. The van der Waals surface area contributed by atoms with Gasteiger partial charge >= 0.3 is 0 Å². The third-order valence-electron chi connectivity index (χ3n) is 5.85. The number of pyridine rings is 1. The van der Waals surface area contributed by atoms with Crippen LogP contribution in [0.3, 0.4) is 0 Å². The predicted molar refractivity (Wildman–Crippen MR) is 128 cm³/mol. The van der Waals surface area contributed by atoms with Crippen LogP contribution in [-0.2, 0) is 5.60 Å². The quantitative estimate of drug-likeness (QED) is 0.376. The number of nitrogens with zero attached hydrogens (tertiary/aromatic N) is 5. The molecule has 0 radical (unpaired) electrons. The van der Waals surface area contributed by atoms with Gasteiger partial charge in [-0.25, -0.2) is 15.0 Å². The fraction of sp³-hybridized carbons (Fsp3) is 0.200. The highest BCUT2D eigenvalue weighted by atomic mass is 16.3. The standard InChI is InChI=1S/C25H25N7O/c1-15(2)32-14-17(12-29-32)16-9-19-20(13-28-23(19)27-11-16)21-10-22(31-24(26)30-21)25(3,33)18-7-5-4-6-8-18/h4-15,33H,1-3H3,(H,27,28)(H2,26,30,31)/t25-/m1/s1. The van der Waals surface area contributed by atoms with Gasteiger partial charge in [0, 0.05) is 46.7 Å². The first-order valence-corrected chi connectivity index (χ1v) is 10.8. The molecule has 0 aliphatic carbocycles. The molecule has 0 spiro atoms. The van der Waals surface area contributed by atoms with Gasteiger partial charge in [-0.1, -0.05) is 30.3 Å². The Labute approximate surface area is 191 Å². The lowest BCUT2D eigenvalue weighted by atomic mass is 9.91. The zero-order valence-electron chi connectivity index (χ0n) is 18.7. The maximum absolute atomic E-state index is 11.3. The molecule has 4 aromatic heterocycles. The highest BCUT2D eigenvalue weighted by Crippen LogP contribution is 2.34. The van der Waals surface area contributed by atoms with Gasteiger partial charge in [-0.2, -0.15) is 5.10 Å². The molecule has 1 atom stereocenters. The number of rotatable bonds is 5. The maximum atomic E-state index is 11.3. The number of aromatic nitrogens is 6. The van der Waals surface area contributed by atoms with Crippen molar-refractivity contribution < 1.29 is 5.11 Å². The molecule has 4 N–H and O–H groups in total. The van der Waals surface area contributed by atoms with Crippen molar-refractivity contribution in [2.24, 2.45) is 0 Å². The van der Waals surface area contributed by atoms with Crippen LogP contribution in [0.2, 0.25) is 0 Å². The molecule has 0 amide bonds. The molecule has 8 nitrogen and oxygen atoms in total. The number of nitrogen functional groups attached to an aromatic ring is 1. The average Bonchev–Trinajstić information content (AvgIpc) is 3.46. The van der Waals surface area contributed by atoms with Gasteiger partial charge in [0.1, 0.15) is 11.2 Å². The van der Waals surface area contributed by atoms with E-state index in [9.17, 15) is 5.11 Å². The topological polar surface area (TPSA) is 119 Å². The largest absolute Gasteiger partial charge is 0.379 e. The number of aromatic amines is 1. The zero-order chi connectivity index (χ0) is 23.2. The molecule has 0 fully saturated rings. The summed E-state index contributed by atoms with van der Waals surface area (Å²) in [6, 6.07) is 13.5. The number of fused-ring (bicyclic) bond motifs is 1. The number of nitrogens with one attached hydrogen (secondary N) is 1. The second-order valence-corrected chi connectivity index (χ2v) is 8.56. The smallest absolute Gasteiger partial charge is 0.220 e. The van der Waals surface area contributed by atoms with Crippen LogP contribution in [0, 0.1) is 0 Å². The van der Waals surface area contributed by atoms with Crippen molar-refractivity contribution in [3.05, 3.63) is 78.5 Å². The summed E-state index contributed by atoms with van der Waals surface area (Å²) < 4.78 is 1.92. The first kappa shape index (κ1) is 20.8. The lowest BCUT2D eigenvalue weighted by molar-refractivity contribution is 0.0975. The molecular formula is C25H25N7O. The highest BCUT2D eigenvalue weighted by Gasteiger charge is 2.28. The fourth-order valence-electron chi connectivity index (χ4n) is 3.91. The minimum atomic E-state index is -1.33. The van der Waals surface area contributed by atoms with Gasteiger partial charge in [-0.05, 0) is 38.5 Å². The molecular weight excluding hydrogens is 414 g/mol. The summed E-state index contributed by atoms with van der Waals surface area (Å²) >= 11 is 0. The van der Waals surface area contributed by atoms with E-state index in [0.29, 0.717) is 11.4 Å². The number of aliphatic hydroxyl groups is 1. The molecule has 4 heterocycles. The SMILES string of the molecule is CC(C)n1cc(-c2cnc3[nH]cc(-c4cc([C@](C)(O)c5ccccc5)nc(N)n4)c3c2)cn1. The van der Waals surface area contributed by atoms with E-state index in [1.54, 1.807) is 13.0 Å². The highest BCUT2D eigenvalue weighted by molar-refractivity contribution is 5.95. The van der Waals surface area contributed by atoms with Gasteiger partial charge in [0.15, 0.2) is 0 Å². The number of hydrogen-bond donors (Lipinski definition) is 3. The summed E-state index contributed by atoms with van der Waals surface area (Å²) in [6.07, 6.45) is 7.52. The van der Waals surface area contributed by atoms with Crippen molar-refractivity contribution in [3.8, 4) is 22.4 Å². The van der Waals surface area contributed by atoms with Crippen LogP contribution < -0.4 is 5.73 Å². The van der Waals surface area contributed by atoms with E-state index in [4.69, 9.17) is 5.73 Å². The lowest BCUT2D eigenvalue weighted by Gasteiger charge is -2.24. The van der Waals surface area contributed by atoms with Crippen LogP contribution in [0.4, 0.5) is 5.95 Å². The van der Waals surface area contributed by atoms with E-state index in [1.165, 1.54) is 0 Å². The molecule has 0 aliphatic heterocycles. The molecule has 0 aliphatic rings. The monoisotopic (exact) mass is 439 g/mol. The minimum absolute atomic E-state index is 0.0929. The summed E-state index contributed by atoms with van der Waals surface area (Å²) in [5.74, 6) is 0.0929. The van der Waals surface area contributed by atoms with E-state index in [-0.39, 0.29) is 12.0 Å². The van der Waals surface area contributed by atoms with Gasteiger partial charge in [0.25, 0.3) is 0 Å². The van der Waals surface area contributed by atoms with E-state index < -0.39 is 5.60 Å². The third-order valence-corrected chi connectivity index (χ3v) is 5.85. The summed E-state index contributed by atoms with van der Waals surface area (Å²) in [5, 5.41) is 16.6. The average molecular weight is 440 g/mol. The molecule has 0 saturated heterocycles. The summed E-state index contributed by atoms with van der Waals surface area (Å²) in [7, 11) is 0. The van der Waals surface area contributed by atoms with E-state index in [0.717, 1.165) is 33.3 Å². The van der Waals surface area contributed by atoms with Crippen LogP contribution in [0.1, 0.15) is 38.1 Å². The van der Waals surface area contributed by atoms with E-state index in [1.807, 2.05) is 59.8 Å². The Hall–Kier alpha value is -4.04. The first-order valence-electron chi connectivity index (χ1n) is 10.8. The molecule has 8 heteroatoms. The van der Waals surface area contributed by atoms with Crippen LogP contribution in [0.5, 0.6) is 0 Å². The van der Waals surface area contributed by atoms with Gasteiger partial charge in [0.2, 0.25) is 5.95 Å². The summed E-state index contributed by atoms with van der Waals surface area (Å²) in [4.78, 5) is 16.6. The van der Waals surface area contributed by atoms with Gasteiger partial charge in [-0.15, -0.1) is 0 Å². The molecule has 5 aromatic rings. The van der Waals surface area contributed by atoms with Crippen molar-refractivity contribution in [2.45, 2.75) is 32.4 Å². The van der Waals surface area contributed by atoms with Crippen molar-refractivity contribution in [3.63, 3.8) is 0 Å². The maximum Gasteiger partial charge on any atom is 0.220 e. The van der Waals surface area contributed by atoms with Crippen LogP contribution >= 0.6 is 0 Å². The number of H-pyrrole nitrogens is 1. The Bertz CT molecular complexity index is 1430. The zero-order valence-corrected chi connectivity index (χ0v) is 18.7. The van der Waals surface area contributed by atoms with Crippen molar-refractivity contribution in [1.29, 1.82) is 0 Å². The molecule has 166 valence electrons.